The molecule has 4 heteroatoms. The molecule has 108 valence electrons. The predicted octanol–water partition coefficient (Wildman–Crippen LogP) is 1.72. The van der Waals surface area contributed by atoms with Gasteiger partial charge in [-0.25, -0.2) is 0 Å². The standard InChI is InChI=1S/C16H22N2O2/c19-15(20)16(17-10-13-6-7-13)8-9-18(12-16)11-14-4-2-1-3-5-14/h1-5,13,17H,6-12H2,(H,19,20). The zero-order chi connectivity index (χ0) is 14.0. The fourth-order valence-corrected chi connectivity index (χ4v) is 2.92. The Morgan fingerprint density at radius 2 is 2.10 bits per heavy atom. The third-order valence-electron chi connectivity index (χ3n) is 4.43. The predicted molar refractivity (Wildman–Crippen MR) is 77.4 cm³/mol. The normalized spacial score (nSPS) is 26.8. The Labute approximate surface area is 119 Å². The minimum absolute atomic E-state index is 0.601. The number of aliphatic carboxylic acids is 1. The lowest BCUT2D eigenvalue weighted by atomic mass is 9.98. The first kappa shape index (κ1) is 13.6. The molecule has 2 aliphatic rings. The Morgan fingerprint density at radius 3 is 2.75 bits per heavy atom. The minimum Gasteiger partial charge on any atom is -0.480 e. The summed E-state index contributed by atoms with van der Waals surface area (Å²) in [6.45, 7) is 3.13. The summed E-state index contributed by atoms with van der Waals surface area (Å²) in [6, 6.07) is 10.3. The molecular weight excluding hydrogens is 252 g/mol. The maximum atomic E-state index is 11.7. The average molecular weight is 274 g/mol. The largest absolute Gasteiger partial charge is 0.480 e. The van der Waals surface area contributed by atoms with Crippen molar-refractivity contribution in [2.45, 2.75) is 31.3 Å². The molecule has 1 aromatic carbocycles. The number of carboxylic acids is 1. The van der Waals surface area contributed by atoms with Crippen LogP contribution in [-0.4, -0.2) is 41.1 Å². The first-order valence-corrected chi connectivity index (χ1v) is 7.43. The van der Waals surface area contributed by atoms with Gasteiger partial charge in [-0.15, -0.1) is 0 Å². The highest BCUT2D eigenvalue weighted by molar-refractivity contribution is 5.79. The van der Waals surface area contributed by atoms with Gasteiger partial charge in [0.2, 0.25) is 0 Å². The number of likely N-dealkylation sites (tertiary alicyclic amines) is 1. The lowest BCUT2D eigenvalue weighted by Gasteiger charge is -2.26. The lowest BCUT2D eigenvalue weighted by molar-refractivity contribution is -0.144. The molecule has 1 aliphatic carbocycles. The van der Waals surface area contributed by atoms with Gasteiger partial charge >= 0.3 is 5.97 Å². The molecule has 0 aromatic heterocycles. The molecule has 4 nitrogen and oxygen atoms in total. The van der Waals surface area contributed by atoms with Gasteiger partial charge in [0.15, 0.2) is 0 Å². The van der Waals surface area contributed by atoms with Crippen molar-refractivity contribution in [2.24, 2.45) is 5.92 Å². The van der Waals surface area contributed by atoms with Crippen LogP contribution in [0.2, 0.25) is 0 Å². The molecule has 1 unspecified atom stereocenters. The minimum atomic E-state index is -0.739. The van der Waals surface area contributed by atoms with Gasteiger partial charge in [-0.2, -0.15) is 0 Å². The molecule has 0 amide bonds. The number of rotatable bonds is 6. The molecule has 20 heavy (non-hydrogen) atoms. The zero-order valence-corrected chi connectivity index (χ0v) is 11.7. The van der Waals surface area contributed by atoms with Crippen LogP contribution in [-0.2, 0) is 11.3 Å². The quantitative estimate of drug-likeness (QED) is 0.829. The van der Waals surface area contributed by atoms with E-state index in [4.69, 9.17) is 0 Å². The Balaban J connectivity index is 1.61. The third kappa shape index (κ3) is 3.02. The first-order valence-electron chi connectivity index (χ1n) is 7.43. The van der Waals surface area contributed by atoms with Gasteiger partial charge in [0.25, 0.3) is 0 Å². The van der Waals surface area contributed by atoms with Crippen LogP contribution in [0.4, 0.5) is 0 Å². The van der Waals surface area contributed by atoms with E-state index in [0.29, 0.717) is 18.9 Å². The second-order valence-corrected chi connectivity index (χ2v) is 6.16. The maximum Gasteiger partial charge on any atom is 0.325 e. The van der Waals surface area contributed by atoms with Crippen molar-refractivity contribution in [1.82, 2.24) is 10.2 Å². The van der Waals surface area contributed by atoms with Crippen LogP contribution in [0.5, 0.6) is 0 Å². The highest BCUT2D eigenvalue weighted by atomic mass is 16.4. The maximum absolute atomic E-state index is 11.7. The fraction of sp³-hybridized carbons (Fsp3) is 0.562. The summed E-state index contributed by atoms with van der Waals surface area (Å²) in [6.07, 6.45) is 3.19. The molecule has 2 fully saturated rings. The molecule has 0 spiro atoms. The van der Waals surface area contributed by atoms with Crippen molar-refractivity contribution in [2.75, 3.05) is 19.6 Å². The van der Waals surface area contributed by atoms with E-state index < -0.39 is 11.5 Å². The van der Waals surface area contributed by atoms with Crippen LogP contribution in [0, 0.1) is 5.92 Å². The fourth-order valence-electron chi connectivity index (χ4n) is 2.92. The van der Waals surface area contributed by atoms with E-state index in [9.17, 15) is 9.90 Å². The molecule has 1 saturated heterocycles. The van der Waals surface area contributed by atoms with E-state index in [0.717, 1.165) is 19.6 Å². The van der Waals surface area contributed by atoms with Crippen LogP contribution >= 0.6 is 0 Å². The topological polar surface area (TPSA) is 52.6 Å². The molecule has 1 aromatic rings. The molecule has 3 rings (SSSR count). The zero-order valence-electron chi connectivity index (χ0n) is 11.7. The van der Waals surface area contributed by atoms with Crippen molar-refractivity contribution in [1.29, 1.82) is 0 Å². The summed E-state index contributed by atoms with van der Waals surface area (Å²) in [5.74, 6) is 0.00288. The number of carbonyl (C=O) groups is 1. The van der Waals surface area contributed by atoms with Crippen molar-refractivity contribution < 1.29 is 9.90 Å². The monoisotopic (exact) mass is 274 g/mol. The molecule has 1 heterocycles. The molecule has 1 atom stereocenters. The van der Waals surface area contributed by atoms with E-state index >= 15 is 0 Å². The van der Waals surface area contributed by atoms with E-state index in [1.165, 1.54) is 18.4 Å². The number of nitrogens with one attached hydrogen (secondary N) is 1. The van der Waals surface area contributed by atoms with E-state index in [2.05, 4.69) is 22.3 Å². The smallest absolute Gasteiger partial charge is 0.325 e. The van der Waals surface area contributed by atoms with Crippen LogP contribution in [0.15, 0.2) is 30.3 Å². The number of hydrogen-bond donors (Lipinski definition) is 2. The van der Waals surface area contributed by atoms with Crippen molar-refractivity contribution >= 4 is 5.97 Å². The van der Waals surface area contributed by atoms with Gasteiger partial charge in [0, 0.05) is 19.6 Å². The Hall–Kier alpha value is -1.39. The highest BCUT2D eigenvalue weighted by Gasteiger charge is 2.45. The van der Waals surface area contributed by atoms with Crippen LogP contribution < -0.4 is 5.32 Å². The molecule has 0 bridgehead atoms. The average Bonchev–Trinajstić information content (AvgIpc) is 3.19. The highest BCUT2D eigenvalue weighted by Crippen LogP contribution is 2.30. The van der Waals surface area contributed by atoms with Crippen molar-refractivity contribution in [3.05, 3.63) is 35.9 Å². The van der Waals surface area contributed by atoms with Gasteiger partial charge in [-0.05, 0) is 37.3 Å². The number of benzene rings is 1. The molecule has 0 radical (unpaired) electrons. The lowest BCUT2D eigenvalue weighted by Crippen LogP contribution is -2.54. The Morgan fingerprint density at radius 1 is 1.35 bits per heavy atom. The van der Waals surface area contributed by atoms with Gasteiger partial charge in [-0.3, -0.25) is 9.69 Å². The molecule has 2 N–H and O–H groups in total. The van der Waals surface area contributed by atoms with Crippen molar-refractivity contribution in [3.63, 3.8) is 0 Å². The van der Waals surface area contributed by atoms with Crippen LogP contribution in [0.3, 0.4) is 0 Å². The number of nitrogens with zero attached hydrogens (tertiary/aromatic N) is 1. The van der Waals surface area contributed by atoms with Crippen LogP contribution in [0.25, 0.3) is 0 Å². The Kier molecular flexibility index (Phi) is 3.76. The SMILES string of the molecule is O=C(O)C1(NCC2CC2)CCN(Cc2ccccc2)C1. The van der Waals surface area contributed by atoms with Gasteiger partial charge in [-0.1, -0.05) is 30.3 Å². The van der Waals surface area contributed by atoms with Crippen LogP contribution in [0.1, 0.15) is 24.8 Å². The van der Waals surface area contributed by atoms with Crippen molar-refractivity contribution in [3.8, 4) is 0 Å². The van der Waals surface area contributed by atoms with Gasteiger partial charge in [0.1, 0.15) is 5.54 Å². The summed E-state index contributed by atoms with van der Waals surface area (Å²) >= 11 is 0. The van der Waals surface area contributed by atoms with E-state index in [-0.39, 0.29) is 0 Å². The first-order chi connectivity index (χ1) is 9.68. The molecule has 1 saturated carbocycles. The summed E-state index contributed by atoms with van der Waals surface area (Å²) < 4.78 is 0. The van der Waals surface area contributed by atoms with E-state index in [1.54, 1.807) is 0 Å². The summed E-state index contributed by atoms with van der Waals surface area (Å²) in [4.78, 5) is 13.9. The summed E-state index contributed by atoms with van der Waals surface area (Å²) in [7, 11) is 0. The third-order valence-corrected chi connectivity index (χ3v) is 4.43. The number of hydrogen-bond acceptors (Lipinski definition) is 3. The molecule has 1 aliphatic heterocycles. The second kappa shape index (κ2) is 5.54. The number of carboxylic acid groups (broad SMARTS) is 1. The summed E-state index contributed by atoms with van der Waals surface area (Å²) in [5, 5.41) is 12.9. The second-order valence-electron chi connectivity index (χ2n) is 6.16. The van der Waals surface area contributed by atoms with Gasteiger partial charge in [0.05, 0.1) is 0 Å². The Bertz CT molecular complexity index is 473. The van der Waals surface area contributed by atoms with E-state index in [1.807, 2.05) is 18.2 Å². The molecular formula is C16H22N2O2. The summed E-state index contributed by atoms with van der Waals surface area (Å²) in [5.41, 5.74) is 0.507. The van der Waals surface area contributed by atoms with Gasteiger partial charge < -0.3 is 10.4 Å².